The van der Waals surface area contributed by atoms with E-state index >= 15 is 0 Å². The van der Waals surface area contributed by atoms with Gasteiger partial charge in [-0.15, -0.1) is 0 Å². The molecule has 42 heavy (non-hydrogen) atoms. The highest BCUT2D eigenvalue weighted by molar-refractivity contribution is 6.01. The zero-order valence-electron chi connectivity index (χ0n) is 24.1. The van der Waals surface area contributed by atoms with Gasteiger partial charge in [0.05, 0.1) is 0 Å². The monoisotopic (exact) mass is 538 g/mol. The van der Waals surface area contributed by atoms with E-state index in [1.807, 2.05) is 6.08 Å². The van der Waals surface area contributed by atoms with Crippen LogP contribution in [0.5, 0.6) is 0 Å². The number of hydrogen-bond acceptors (Lipinski definition) is 0. The fourth-order valence-electron chi connectivity index (χ4n) is 6.56. The Labute approximate surface area is 249 Å². The van der Waals surface area contributed by atoms with E-state index in [-0.39, 0.29) is 0 Å². The van der Waals surface area contributed by atoms with Gasteiger partial charge in [-0.3, -0.25) is 0 Å². The van der Waals surface area contributed by atoms with Crippen LogP contribution in [-0.2, 0) is 12.8 Å². The summed E-state index contributed by atoms with van der Waals surface area (Å²) in [5, 5.41) is 5.14. The third-order valence-electron chi connectivity index (χ3n) is 8.65. The lowest BCUT2D eigenvalue weighted by molar-refractivity contribution is 0.998. The largest absolute Gasteiger partial charge is 0.0984 e. The maximum atomic E-state index is 4.25. The molecule has 0 atom stereocenters. The van der Waals surface area contributed by atoms with E-state index in [1.165, 1.54) is 77.2 Å². The van der Waals surface area contributed by atoms with Gasteiger partial charge in [-0.05, 0) is 110 Å². The molecule has 0 unspecified atom stereocenters. The smallest absolute Gasteiger partial charge is 0.00940 e. The van der Waals surface area contributed by atoms with Crippen LogP contribution in [0.25, 0.3) is 56.5 Å². The fourth-order valence-corrected chi connectivity index (χ4v) is 6.56. The molecule has 0 radical (unpaired) electrons. The Bertz CT molecular complexity index is 2030. The molecule has 7 rings (SSSR count). The molecule has 0 aromatic heterocycles. The van der Waals surface area contributed by atoms with E-state index in [1.54, 1.807) is 0 Å². The summed E-state index contributed by atoms with van der Waals surface area (Å²) in [6, 6.07) is 42.1. The third kappa shape index (κ3) is 4.91. The van der Waals surface area contributed by atoms with Gasteiger partial charge in [0, 0.05) is 0 Å². The summed E-state index contributed by atoms with van der Waals surface area (Å²) in [4.78, 5) is 0. The van der Waals surface area contributed by atoms with Crippen molar-refractivity contribution in [1.82, 2.24) is 0 Å². The first-order valence-electron chi connectivity index (χ1n) is 14.9. The Morgan fingerprint density at radius 1 is 0.690 bits per heavy atom. The molecule has 0 amide bonds. The Morgan fingerprint density at radius 2 is 1.48 bits per heavy atom. The number of rotatable bonds is 6. The van der Waals surface area contributed by atoms with Crippen molar-refractivity contribution in [2.24, 2.45) is 0 Å². The summed E-state index contributed by atoms with van der Waals surface area (Å²) >= 11 is 0. The fraction of sp³-hybridized carbons (Fsp3) is 0.0952. The van der Waals surface area contributed by atoms with E-state index in [0.29, 0.717) is 0 Å². The highest BCUT2D eigenvalue weighted by atomic mass is 14.3. The topological polar surface area (TPSA) is 0 Å². The molecule has 0 nitrogen and oxygen atoms in total. The molecule has 0 bridgehead atoms. The van der Waals surface area contributed by atoms with Crippen LogP contribution >= 0.6 is 0 Å². The van der Waals surface area contributed by atoms with Gasteiger partial charge >= 0.3 is 0 Å². The van der Waals surface area contributed by atoms with Crippen LogP contribution in [0, 0.1) is 6.92 Å². The molecule has 202 valence electrons. The molecule has 1 aliphatic rings. The second-order valence-electron chi connectivity index (χ2n) is 11.4. The summed E-state index contributed by atoms with van der Waals surface area (Å²) in [6.07, 6.45) is 12.1. The van der Waals surface area contributed by atoms with Crippen molar-refractivity contribution in [2.75, 3.05) is 0 Å². The first-order valence-corrected chi connectivity index (χ1v) is 14.9. The van der Waals surface area contributed by atoms with Crippen LogP contribution in [0.1, 0.15) is 45.4 Å². The maximum Gasteiger partial charge on any atom is -0.00940 e. The lowest BCUT2D eigenvalue weighted by Gasteiger charge is -2.25. The normalized spacial score (nSPS) is 12.9. The molecule has 6 aromatic rings. The first-order chi connectivity index (χ1) is 20.7. The van der Waals surface area contributed by atoms with E-state index in [0.717, 1.165) is 19.3 Å². The van der Waals surface area contributed by atoms with Gasteiger partial charge in [0.25, 0.3) is 0 Å². The van der Waals surface area contributed by atoms with E-state index in [2.05, 4.69) is 147 Å². The average molecular weight is 539 g/mol. The molecular formula is C42H34. The zero-order valence-corrected chi connectivity index (χ0v) is 24.1. The van der Waals surface area contributed by atoms with Crippen molar-refractivity contribution in [1.29, 1.82) is 0 Å². The minimum Gasteiger partial charge on any atom is -0.0984 e. The van der Waals surface area contributed by atoms with Gasteiger partial charge in [0.15, 0.2) is 0 Å². The molecule has 0 heterocycles. The van der Waals surface area contributed by atoms with Crippen molar-refractivity contribution in [3.63, 3.8) is 0 Å². The van der Waals surface area contributed by atoms with Crippen LogP contribution in [0.4, 0.5) is 0 Å². The molecule has 0 aliphatic heterocycles. The van der Waals surface area contributed by atoms with Crippen molar-refractivity contribution in [2.45, 2.75) is 26.2 Å². The van der Waals surface area contributed by atoms with Crippen molar-refractivity contribution in [3.05, 3.63) is 167 Å². The number of allylic oxidation sites excluding steroid dienone is 2. The molecular weight excluding hydrogens is 504 g/mol. The summed E-state index contributed by atoms with van der Waals surface area (Å²) in [7, 11) is 0. The van der Waals surface area contributed by atoms with Gasteiger partial charge in [-0.2, -0.15) is 0 Å². The van der Waals surface area contributed by atoms with E-state index in [4.69, 9.17) is 0 Å². The van der Waals surface area contributed by atoms with Gasteiger partial charge in [-0.25, -0.2) is 0 Å². The Balaban J connectivity index is 1.41. The Morgan fingerprint density at radius 3 is 2.33 bits per heavy atom. The summed E-state index contributed by atoms with van der Waals surface area (Å²) in [5.74, 6) is 0. The van der Waals surface area contributed by atoms with Gasteiger partial charge in [0.2, 0.25) is 0 Å². The predicted molar refractivity (Wildman–Crippen MR) is 184 cm³/mol. The van der Waals surface area contributed by atoms with Crippen molar-refractivity contribution >= 4 is 45.3 Å². The van der Waals surface area contributed by atoms with Gasteiger partial charge in [0.1, 0.15) is 0 Å². The maximum absolute atomic E-state index is 4.25. The molecule has 1 aliphatic carbocycles. The number of aryl methyl sites for hydroxylation is 1. The molecule has 0 N–H and O–H groups in total. The molecule has 0 heteroatoms. The standard InChI is InChI=1S/C42H34/c1-3-31-27-41(35-22-21-32-14-4-5-16-34(32)26-35)42-28-36(39-20-10-17-33-15-6-7-18-38(33)39)23-24-40(42)37(31)19-9-13-30-12-8-11-29(2)25-30/h3-12,14-22,25-28H,1,13,23-24H2,2H3/b19-9-. The predicted octanol–water partition coefficient (Wildman–Crippen LogP) is 11.4. The van der Waals surface area contributed by atoms with Crippen molar-refractivity contribution in [3.8, 4) is 11.1 Å². The SMILES string of the molecule is C=Cc1cc(-c2ccc3ccccc3c2)c2c(c1/C=C\Cc1cccc(C)c1)CCC(c1cccc3ccccc13)=C2. The summed E-state index contributed by atoms with van der Waals surface area (Å²) in [6.45, 7) is 6.41. The highest BCUT2D eigenvalue weighted by Gasteiger charge is 2.21. The zero-order chi connectivity index (χ0) is 28.5. The third-order valence-corrected chi connectivity index (χ3v) is 8.65. The average Bonchev–Trinajstić information content (AvgIpc) is 3.04. The van der Waals surface area contributed by atoms with E-state index in [9.17, 15) is 0 Å². The highest BCUT2D eigenvalue weighted by Crippen LogP contribution is 2.42. The van der Waals surface area contributed by atoms with Crippen LogP contribution in [-0.4, -0.2) is 0 Å². The quantitative estimate of drug-likeness (QED) is 0.198. The molecule has 0 fully saturated rings. The van der Waals surface area contributed by atoms with Gasteiger partial charge < -0.3 is 0 Å². The Hall–Kier alpha value is -4.94. The second-order valence-corrected chi connectivity index (χ2v) is 11.4. The summed E-state index contributed by atoms with van der Waals surface area (Å²) < 4.78 is 0. The minimum absolute atomic E-state index is 0.913. The molecule has 6 aromatic carbocycles. The van der Waals surface area contributed by atoms with Crippen LogP contribution < -0.4 is 0 Å². The lowest BCUT2D eigenvalue weighted by atomic mass is 9.79. The van der Waals surface area contributed by atoms with Crippen LogP contribution in [0.2, 0.25) is 0 Å². The van der Waals surface area contributed by atoms with Crippen molar-refractivity contribution < 1.29 is 0 Å². The second kappa shape index (κ2) is 11.1. The minimum atomic E-state index is 0.913. The van der Waals surface area contributed by atoms with E-state index < -0.39 is 0 Å². The number of hydrogen-bond donors (Lipinski definition) is 0. The van der Waals surface area contributed by atoms with Gasteiger partial charge in [-0.1, -0.05) is 140 Å². The first kappa shape index (κ1) is 26.0. The molecule has 0 saturated heterocycles. The van der Waals surface area contributed by atoms with Crippen LogP contribution in [0.15, 0.2) is 128 Å². The number of benzene rings is 6. The molecule has 0 saturated carbocycles. The summed E-state index contributed by atoms with van der Waals surface area (Å²) in [5.41, 5.74) is 13.2. The Kier molecular flexibility index (Phi) is 6.90. The van der Waals surface area contributed by atoms with Crippen LogP contribution in [0.3, 0.4) is 0 Å². The lowest BCUT2D eigenvalue weighted by Crippen LogP contribution is -2.06. The molecule has 0 spiro atoms. The number of fused-ring (bicyclic) bond motifs is 3.